The molecule has 0 aromatic carbocycles. The van der Waals surface area contributed by atoms with Crippen LogP contribution in [0.3, 0.4) is 0 Å². The first-order chi connectivity index (χ1) is 1.41. The molecule has 0 aromatic heterocycles. The van der Waals surface area contributed by atoms with Gasteiger partial charge in [0.25, 0.3) is 0 Å². The molecule has 0 saturated carbocycles. The maximum atomic E-state index is 2.28. The summed E-state index contributed by atoms with van der Waals surface area (Å²) in [6.45, 7) is 0. The molecule has 0 unspecified atom stereocenters. The quantitative estimate of drug-likeness (QED) is 0.450. The van der Waals surface area contributed by atoms with E-state index >= 15 is 0 Å². The van der Waals surface area contributed by atoms with E-state index in [0.29, 0.717) is 17.4 Å². The molecule has 2 radical (unpaired) electrons. The molecule has 0 bridgehead atoms. The molecule has 0 amide bonds. The van der Waals surface area contributed by atoms with Crippen LogP contribution in [0, 0.1) is 0 Å². The molecular formula is C2H7GaO. The van der Waals surface area contributed by atoms with Gasteiger partial charge in [0.05, 0.1) is 0 Å². The molecule has 2 heteroatoms. The van der Waals surface area contributed by atoms with Crippen molar-refractivity contribution in [3.63, 3.8) is 0 Å². The van der Waals surface area contributed by atoms with Gasteiger partial charge in [0.2, 0.25) is 0 Å². The molecule has 0 spiro atoms. The second-order valence-electron chi connectivity index (χ2n) is 0.577. The fourth-order valence-electron chi connectivity index (χ4n) is 0. The predicted molar refractivity (Wildman–Crippen MR) is 19.4 cm³/mol. The van der Waals surface area contributed by atoms with E-state index in [2.05, 4.69) is 11.0 Å². The Morgan fingerprint density at radius 2 is 1.25 bits per heavy atom. The van der Waals surface area contributed by atoms with Gasteiger partial charge >= 0.3 is 28.4 Å². The Balaban J connectivity index is 0. The van der Waals surface area contributed by atoms with Crippen molar-refractivity contribution in [2.24, 2.45) is 0 Å². The normalized spacial score (nSPS) is 3.50. The summed E-state index contributed by atoms with van der Waals surface area (Å²) in [5.41, 5.74) is 4.56. The Kier molecular flexibility index (Phi) is 21.0. The third-order valence-corrected chi connectivity index (χ3v) is 0. The van der Waals surface area contributed by atoms with Crippen molar-refractivity contribution in [2.75, 3.05) is 0 Å². The Hall–Kier alpha value is 0.596. The van der Waals surface area contributed by atoms with Crippen molar-refractivity contribution >= 4 is 17.4 Å². The first-order valence-electron chi connectivity index (χ1n) is 1.15. The van der Waals surface area contributed by atoms with E-state index in [-0.39, 0.29) is 5.48 Å². The second-order valence-corrected chi connectivity index (χ2v) is 3.00. The van der Waals surface area contributed by atoms with Crippen molar-refractivity contribution in [2.45, 2.75) is 11.0 Å². The van der Waals surface area contributed by atoms with Crippen LogP contribution < -0.4 is 0 Å². The van der Waals surface area contributed by atoms with E-state index in [1.165, 1.54) is 0 Å². The maximum Gasteiger partial charge on any atom is -0.255 e. The minimum absolute atomic E-state index is 0. The van der Waals surface area contributed by atoms with Gasteiger partial charge in [0.15, 0.2) is 0 Å². The minimum atomic E-state index is 0. The molecule has 1 nitrogen and oxygen atoms in total. The SMILES string of the molecule is [CH3][Ga][CH3].[OH]. The van der Waals surface area contributed by atoms with Gasteiger partial charge in [-0.2, -0.15) is 0 Å². The second kappa shape index (κ2) is 9.51. The fraction of sp³-hybridized carbons (Fsp3) is 1.00. The van der Waals surface area contributed by atoms with Gasteiger partial charge in [-0.15, -0.1) is 0 Å². The Morgan fingerprint density at radius 1 is 1.25 bits per heavy atom. The van der Waals surface area contributed by atoms with E-state index in [1.807, 2.05) is 0 Å². The van der Waals surface area contributed by atoms with Crippen molar-refractivity contribution in [1.82, 2.24) is 0 Å². The standard InChI is InChI=1S/2CH3.Ga.HO/h2*1H3;;1H. The van der Waals surface area contributed by atoms with E-state index < -0.39 is 0 Å². The molecule has 0 aliphatic carbocycles. The van der Waals surface area contributed by atoms with Gasteiger partial charge in [-0.1, -0.05) is 0 Å². The Morgan fingerprint density at radius 3 is 1.25 bits per heavy atom. The van der Waals surface area contributed by atoms with Crippen LogP contribution in [0.4, 0.5) is 0 Å². The van der Waals surface area contributed by atoms with Crippen LogP contribution in [0.15, 0.2) is 0 Å². The van der Waals surface area contributed by atoms with Crippen LogP contribution in [-0.2, 0) is 0 Å². The Labute approximate surface area is 34.5 Å². The molecule has 0 aromatic rings. The molecular weight excluding hydrogens is 110 g/mol. The molecule has 0 atom stereocenters. The number of hydrogen-bond donors (Lipinski definition) is 1. The third-order valence-electron chi connectivity index (χ3n) is 0. The number of hydrogen-bond acceptors (Lipinski definition) is 0. The van der Waals surface area contributed by atoms with Crippen LogP contribution >= 0.6 is 0 Å². The number of rotatable bonds is 0. The molecule has 0 aliphatic heterocycles. The van der Waals surface area contributed by atoms with E-state index in [9.17, 15) is 0 Å². The largest absolute Gasteiger partial charge is 0.255 e. The molecule has 0 rings (SSSR count). The molecule has 1 N–H and O–H groups in total. The fourth-order valence-corrected chi connectivity index (χ4v) is 0. The monoisotopic (exact) mass is 116 g/mol. The zero-order valence-corrected chi connectivity index (χ0v) is 5.45. The van der Waals surface area contributed by atoms with Crippen molar-refractivity contribution in [1.29, 1.82) is 0 Å². The van der Waals surface area contributed by atoms with Gasteiger partial charge < -0.3 is 0 Å². The topological polar surface area (TPSA) is 30.0 Å². The molecule has 0 heterocycles. The average molecular weight is 117 g/mol. The van der Waals surface area contributed by atoms with Gasteiger partial charge in [-0.25, -0.2) is 0 Å². The van der Waals surface area contributed by atoms with Gasteiger partial charge in [0, 0.05) is 0 Å². The minimum Gasteiger partial charge on any atom is -0.255 e. The summed E-state index contributed by atoms with van der Waals surface area (Å²) < 4.78 is 0. The maximum absolute atomic E-state index is 2.28. The summed E-state index contributed by atoms with van der Waals surface area (Å²) in [5, 5.41) is 0. The van der Waals surface area contributed by atoms with Gasteiger partial charge in [-0.05, 0) is 0 Å². The molecule has 24 valence electrons. The van der Waals surface area contributed by atoms with Crippen molar-refractivity contribution in [3.8, 4) is 0 Å². The van der Waals surface area contributed by atoms with Gasteiger partial charge in [-0.3, -0.25) is 5.48 Å². The van der Waals surface area contributed by atoms with E-state index in [1.54, 1.807) is 0 Å². The van der Waals surface area contributed by atoms with Crippen molar-refractivity contribution < 1.29 is 5.48 Å². The van der Waals surface area contributed by atoms with E-state index in [0.717, 1.165) is 0 Å². The summed E-state index contributed by atoms with van der Waals surface area (Å²) in [4.78, 5) is 0. The molecule has 0 saturated heterocycles. The summed E-state index contributed by atoms with van der Waals surface area (Å²) >= 11 is 0.312. The molecule has 0 aliphatic rings. The summed E-state index contributed by atoms with van der Waals surface area (Å²) in [6, 6.07) is 0. The summed E-state index contributed by atoms with van der Waals surface area (Å²) in [6.07, 6.45) is 0. The zero-order chi connectivity index (χ0) is 2.71. The van der Waals surface area contributed by atoms with Crippen LogP contribution in [0.2, 0.25) is 11.0 Å². The summed E-state index contributed by atoms with van der Waals surface area (Å²) in [7, 11) is 0. The van der Waals surface area contributed by atoms with Crippen LogP contribution in [0.5, 0.6) is 0 Å². The van der Waals surface area contributed by atoms with E-state index in [4.69, 9.17) is 0 Å². The predicted octanol–water partition coefficient (Wildman–Crippen LogP) is 0.610. The van der Waals surface area contributed by atoms with Crippen LogP contribution in [0.25, 0.3) is 0 Å². The first kappa shape index (κ1) is 8.82. The molecule has 0 fully saturated rings. The zero-order valence-electron chi connectivity index (χ0n) is 3.02. The average Bonchev–Trinajstić information content (AvgIpc) is 0.918. The van der Waals surface area contributed by atoms with Gasteiger partial charge in [0.1, 0.15) is 0 Å². The van der Waals surface area contributed by atoms with Crippen molar-refractivity contribution in [3.05, 3.63) is 0 Å². The third kappa shape index (κ3) is 18.6. The Bertz CT molecular complexity index is 6.00. The van der Waals surface area contributed by atoms with Crippen LogP contribution in [-0.4, -0.2) is 22.9 Å². The van der Waals surface area contributed by atoms with Crippen LogP contribution in [0.1, 0.15) is 0 Å². The molecule has 4 heavy (non-hydrogen) atoms. The summed E-state index contributed by atoms with van der Waals surface area (Å²) in [5.74, 6) is 0. The smallest absolute Gasteiger partial charge is 0.255 e. The first-order valence-corrected chi connectivity index (χ1v) is 6.00.